The highest BCUT2D eigenvalue weighted by atomic mass is 32.2. The van der Waals surface area contributed by atoms with Gasteiger partial charge in [0.25, 0.3) is 0 Å². The molecule has 4 heteroatoms. The number of piperidine rings is 1. The molecule has 0 aromatic heterocycles. The molecule has 62 valence electrons. The molecular weight excluding hydrogens is 162 g/mol. The van der Waals surface area contributed by atoms with Crippen LogP contribution in [0.2, 0.25) is 0 Å². The van der Waals surface area contributed by atoms with E-state index in [0.717, 1.165) is 12.2 Å². The smallest absolute Gasteiger partial charge is 0.239 e. The van der Waals surface area contributed by atoms with Crippen LogP contribution in [0.1, 0.15) is 26.2 Å². The van der Waals surface area contributed by atoms with E-state index in [1.54, 1.807) is 0 Å². The third kappa shape index (κ3) is 1.96. The summed E-state index contributed by atoms with van der Waals surface area (Å²) in [5, 5.41) is 0. The Bertz CT molecular complexity index is 165. The topological polar surface area (TPSA) is 37.4 Å². The standard InChI is InChI=1S/C7H11NO2S/c1-2-11-8-6(9)4-3-5-7(8)10/h2-5H2,1H3. The minimum Gasteiger partial charge on any atom is -0.273 e. The first-order chi connectivity index (χ1) is 5.25. The Morgan fingerprint density at radius 2 is 1.91 bits per heavy atom. The maximum Gasteiger partial charge on any atom is 0.239 e. The molecule has 0 aromatic rings. The maximum absolute atomic E-state index is 11.1. The first-order valence-corrected chi connectivity index (χ1v) is 4.68. The monoisotopic (exact) mass is 173 g/mol. The Morgan fingerprint density at radius 1 is 1.36 bits per heavy atom. The van der Waals surface area contributed by atoms with Crippen molar-refractivity contribution in [2.24, 2.45) is 0 Å². The highest BCUT2D eigenvalue weighted by Crippen LogP contribution is 2.19. The molecule has 2 amide bonds. The number of amides is 2. The fourth-order valence-corrected chi connectivity index (χ4v) is 1.73. The summed E-state index contributed by atoms with van der Waals surface area (Å²) in [6.07, 6.45) is 1.77. The Labute approximate surface area is 70.3 Å². The van der Waals surface area contributed by atoms with E-state index in [1.165, 1.54) is 16.3 Å². The summed E-state index contributed by atoms with van der Waals surface area (Å²) in [6.45, 7) is 1.93. The Kier molecular flexibility index (Phi) is 2.93. The van der Waals surface area contributed by atoms with E-state index in [9.17, 15) is 9.59 Å². The Balaban J connectivity index is 2.55. The van der Waals surface area contributed by atoms with Crippen LogP contribution >= 0.6 is 11.9 Å². The van der Waals surface area contributed by atoms with Crippen LogP contribution in [0.4, 0.5) is 0 Å². The lowest BCUT2D eigenvalue weighted by Gasteiger charge is -2.22. The summed E-state index contributed by atoms with van der Waals surface area (Å²) in [5.41, 5.74) is 0. The van der Waals surface area contributed by atoms with Crippen molar-refractivity contribution in [2.45, 2.75) is 26.2 Å². The number of carbonyl (C=O) groups excluding carboxylic acids is 2. The molecule has 1 aliphatic heterocycles. The predicted molar refractivity (Wildman–Crippen MR) is 43.8 cm³/mol. The van der Waals surface area contributed by atoms with Gasteiger partial charge in [-0.2, -0.15) is 0 Å². The van der Waals surface area contributed by atoms with Gasteiger partial charge >= 0.3 is 0 Å². The molecule has 0 bridgehead atoms. The number of nitrogens with zero attached hydrogens (tertiary/aromatic N) is 1. The molecule has 0 aromatic carbocycles. The SMILES string of the molecule is CCSN1C(=O)CCCC1=O. The first kappa shape index (κ1) is 8.59. The normalized spacial score (nSPS) is 19.2. The molecule has 1 saturated heterocycles. The number of carbonyl (C=O) groups is 2. The molecule has 11 heavy (non-hydrogen) atoms. The van der Waals surface area contributed by atoms with Crippen LogP contribution in [-0.2, 0) is 9.59 Å². The third-order valence-electron chi connectivity index (χ3n) is 1.49. The number of hydrogen-bond donors (Lipinski definition) is 0. The molecule has 0 unspecified atom stereocenters. The van der Waals surface area contributed by atoms with Gasteiger partial charge in [0, 0.05) is 18.6 Å². The summed E-state index contributed by atoms with van der Waals surface area (Å²) in [6, 6.07) is 0. The van der Waals surface area contributed by atoms with E-state index in [2.05, 4.69) is 0 Å². The lowest BCUT2D eigenvalue weighted by atomic mass is 10.1. The summed E-state index contributed by atoms with van der Waals surface area (Å²) < 4.78 is 1.30. The third-order valence-corrected chi connectivity index (χ3v) is 2.42. The van der Waals surface area contributed by atoms with E-state index in [-0.39, 0.29) is 11.8 Å². The van der Waals surface area contributed by atoms with E-state index in [4.69, 9.17) is 0 Å². The van der Waals surface area contributed by atoms with Crippen LogP contribution in [0.25, 0.3) is 0 Å². The lowest BCUT2D eigenvalue weighted by molar-refractivity contribution is -0.140. The maximum atomic E-state index is 11.1. The van der Waals surface area contributed by atoms with E-state index >= 15 is 0 Å². The van der Waals surface area contributed by atoms with E-state index < -0.39 is 0 Å². The zero-order valence-corrected chi connectivity index (χ0v) is 7.32. The van der Waals surface area contributed by atoms with Gasteiger partial charge in [0.2, 0.25) is 11.8 Å². The Morgan fingerprint density at radius 3 is 2.36 bits per heavy atom. The second-order valence-electron chi connectivity index (χ2n) is 2.35. The molecule has 0 aliphatic carbocycles. The van der Waals surface area contributed by atoms with Crippen molar-refractivity contribution in [1.29, 1.82) is 0 Å². The van der Waals surface area contributed by atoms with E-state index in [1.807, 2.05) is 6.92 Å². The molecule has 1 heterocycles. The highest BCUT2D eigenvalue weighted by Gasteiger charge is 2.25. The minimum atomic E-state index is -0.0342. The summed E-state index contributed by atoms with van der Waals surface area (Å²) in [7, 11) is 0. The number of hydrogen-bond acceptors (Lipinski definition) is 3. The van der Waals surface area contributed by atoms with Crippen molar-refractivity contribution in [3.05, 3.63) is 0 Å². The van der Waals surface area contributed by atoms with Gasteiger partial charge in [0.1, 0.15) is 0 Å². The largest absolute Gasteiger partial charge is 0.273 e. The average Bonchev–Trinajstić information content (AvgIpc) is 1.97. The van der Waals surface area contributed by atoms with Crippen molar-refractivity contribution in [3.8, 4) is 0 Å². The van der Waals surface area contributed by atoms with Crippen LogP contribution < -0.4 is 0 Å². The molecule has 0 saturated carbocycles. The molecule has 3 nitrogen and oxygen atoms in total. The fraction of sp³-hybridized carbons (Fsp3) is 0.714. The van der Waals surface area contributed by atoms with Crippen molar-refractivity contribution in [1.82, 2.24) is 4.31 Å². The van der Waals surface area contributed by atoms with Crippen molar-refractivity contribution >= 4 is 23.8 Å². The molecule has 0 N–H and O–H groups in total. The number of rotatable bonds is 2. The van der Waals surface area contributed by atoms with E-state index in [0.29, 0.717) is 12.8 Å². The van der Waals surface area contributed by atoms with Gasteiger partial charge in [-0.1, -0.05) is 6.92 Å². The zero-order valence-electron chi connectivity index (χ0n) is 6.50. The average molecular weight is 173 g/mol. The lowest BCUT2D eigenvalue weighted by Crippen LogP contribution is -2.34. The van der Waals surface area contributed by atoms with Crippen LogP contribution in [0, 0.1) is 0 Å². The van der Waals surface area contributed by atoms with Crippen LogP contribution in [-0.4, -0.2) is 21.9 Å². The zero-order chi connectivity index (χ0) is 8.27. The molecule has 0 radical (unpaired) electrons. The molecular formula is C7H11NO2S. The fourth-order valence-electron chi connectivity index (χ4n) is 1.01. The summed E-state index contributed by atoms with van der Waals surface area (Å²) in [5.74, 6) is 0.707. The highest BCUT2D eigenvalue weighted by molar-refractivity contribution is 7.98. The molecule has 0 spiro atoms. The Hall–Kier alpha value is -0.510. The van der Waals surface area contributed by atoms with Gasteiger partial charge in [0.05, 0.1) is 0 Å². The van der Waals surface area contributed by atoms with Gasteiger partial charge in [-0.15, -0.1) is 0 Å². The van der Waals surface area contributed by atoms with Gasteiger partial charge in [0.15, 0.2) is 0 Å². The van der Waals surface area contributed by atoms with Crippen LogP contribution in [0.15, 0.2) is 0 Å². The molecule has 0 atom stereocenters. The quantitative estimate of drug-likeness (QED) is 0.465. The minimum absolute atomic E-state index is 0.0342. The first-order valence-electron chi connectivity index (χ1n) is 3.74. The second-order valence-corrected chi connectivity index (χ2v) is 3.55. The second kappa shape index (κ2) is 3.76. The summed E-state index contributed by atoms with van der Waals surface area (Å²) in [4.78, 5) is 22.2. The predicted octanol–water partition coefficient (Wildman–Crippen LogP) is 1.19. The van der Waals surface area contributed by atoms with Gasteiger partial charge < -0.3 is 0 Å². The van der Waals surface area contributed by atoms with Gasteiger partial charge in [-0.25, -0.2) is 4.31 Å². The summed E-state index contributed by atoms with van der Waals surface area (Å²) >= 11 is 1.30. The van der Waals surface area contributed by atoms with Crippen LogP contribution in [0.3, 0.4) is 0 Å². The van der Waals surface area contributed by atoms with Gasteiger partial charge in [-0.05, 0) is 18.4 Å². The molecule has 1 rings (SSSR count). The van der Waals surface area contributed by atoms with Crippen LogP contribution in [0.5, 0.6) is 0 Å². The van der Waals surface area contributed by atoms with Crippen molar-refractivity contribution < 1.29 is 9.59 Å². The van der Waals surface area contributed by atoms with Gasteiger partial charge in [-0.3, -0.25) is 9.59 Å². The van der Waals surface area contributed by atoms with Crippen molar-refractivity contribution in [2.75, 3.05) is 5.75 Å². The number of imide groups is 1. The molecule has 1 aliphatic rings. The molecule has 1 fully saturated rings. The van der Waals surface area contributed by atoms with Crippen molar-refractivity contribution in [3.63, 3.8) is 0 Å².